The van der Waals surface area contributed by atoms with Gasteiger partial charge in [-0.3, -0.25) is 14.4 Å². The Bertz CT molecular complexity index is 584. The summed E-state index contributed by atoms with van der Waals surface area (Å²) >= 11 is 1.52. The molecule has 8 nitrogen and oxygen atoms in total. The van der Waals surface area contributed by atoms with E-state index < -0.39 is 18.1 Å². The second-order valence-corrected chi connectivity index (χ2v) is 7.51. The number of methoxy groups -OCH3 is 1. The number of hydrogen-bond donors (Lipinski definition) is 0. The van der Waals surface area contributed by atoms with Crippen LogP contribution in [0.25, 0.3) is 0 Å². The summed E-state index contributed by atoms with van der Waals surface area (Å²) in [5.41, 5.74) is 0. The predicted octanol–water partition coefficient (Wildman–Crippen LogP) is -0.326. The highest BCUT2D eigenvalue weighted by Crippen LogP contribution is 2.27. The highest BCUT2D eigenvalue weighted by atomic mass is 32.2. The second kappa shape index (κ2) is 7.63. The first-order chi connectivity index (χ1) is 12.0. The molecule has 3 saturated heterocycles. The van der Waals surface area contributed by atoms with Crippen molar-refractivity contribution < 1.29 is 23.9 Å². The number of carbonyl (C=O) groups excluding carboxylic acids is 4. The topological polar surface area (TPSA) is 87.2 Å². The zero-order valence-corrected chi connectivity index (χ0v) is 15.1. The van der Waals surface area contributed by atoms with Crippen LogP contribution in [0.4, 0.5) is 0 Å². The summed E-state index contributed by atoms with van der Waals surface area (Å²) in [5, 5.41) is 0. The van der Waals surface area contributed by atoms with Crippen molar-refractivity contribution in [3.05, 3.63) is 0 Å². The third kappa shape index (κ3) is 3.61. The van der Waals surface area contributed by atoms with Crippen LogP contribution in [0.2, 0.25) is 0 Å². The molecule has 0 aliphatic carbocycles. The minimum absolute atomic E-state index is 0.00613. The summed E-state index contributed by atoms with van der Waals surface area (Å²) in [7, 11) is 1.32. The van der Waals surface area contributed by atoms with Crippen molar-refractivity contribution >= 4 is 35.5 Å². The summed E-state index contributed by atoms with van der Waals surface area (Å²) in [5.74, 6) is 0.147. The number of hydrogen-bond acceptors (Lipinski definition) is 6. The Kier molecular flexibility index (Phi) is 5.51. The lowest BCUT2D eigenvalue weighted by molar-refractivity contribution is -0.153. The standard InChI is InChI=1S/C16H23N3O5S/c1-24-16(23)11-4-2-7-18(11)15(22)12-9-25-10-19(12)14(21)8-17-6-3-5-13(17)20/h11-12H,2-10H2,1H3/t11-,12-/m0/s1. The molecule has 3 aliphatic heterocycles. The first-order valence-electron chi connectivity index (χ1n) is 8.56. The first kappa shape index (κ1) is 18.0. The van der Waals surface area contributed by atoms with Crippen molar-refractivity contribution in [1.29, 1.82) is 0 Å². The highest BCUT2D eigenvalue weighted by molar-refractivity contribution is 7.99. The molecule has 3 aliphatic rings. The molecule has 0 spiro atoms. The molecule has 3 heterocycles. The average molecular weight is 369 g/mol. The molecule has 25 heavy (non-hydrogen) atoms. The van der Waals surface area contributed by atoms with Gasteiger partial charge in [0.25, 0.3) is 0 Å². The Morgan fingerprint density at radius 1 is 1.16 bits per heavy atom. The molecular weight excluding hydrogens is 346 g/mol. The monoisotopic (exact) mass is 369 g/mol. The Morgan fingerprint density at radius 3 is 2.64 bits per heavy atom. The van der Waals surface area contributed by atoms with E-state index in [1.165, 1.54) is 18.9 Å². The van der Waals surface area contributed by atoms with Gasteiger partial charge in [-0.05, 0) is 19.3 Å². The van der Waals surface area contributed by atoms with Gasteiger partial charge in [0.05, 0.1) is 19.5 Å². The van der Waals surface area contributed by atoms with Gasteiger partial charge >= 0.3 is 5.97 Å². The lowest BCUT2D eigenvalue weighted by Crippen LogP contribution is -2.53. The summed E-state index contributed by atoms with van der Waals surface area (Å²) in [6, 6.07) is -1.12. The van der Waals surface area contributed by atoms with Crippen LogP contribution in [-0.4, -0.2) is 88.8 Å². The Labute approximate surface area is 150 Å². The number of rotatable bonds is 4. The molecule has 0 unspecified atom stereocenters. The molecule has 0 bridgehead atoms. The van der Waals surface area contributed by atoms with E-state index in [0.717, 1.165) is 12.8 Å². The van der Waals surface area contributed by atoms with Crippen molar-refractivity contribution in [3.8, 4) is 0 Å². The minimum atomic E-state index is -0.569. The fourth-order valence-electron chi connectivity index (χ4n) is 3.62. The molecule has 0 aromatic heterocycles. The summed E-state index contributed by atoms with van der Waals surface area (Å²) in [4.78, 5) is 53.8. The van der Waals surface area contributed by atoms with E-state index in [0.29, 0.717) is 37.6 Å². The van der Waals surface area contributed by atoms with Gasteiger partial charge in [0.1, 0.15) is 12.1 Å². The van der Waals surface area contributed by atoms with Gasteiger partial charge in [-0.2, -0.15) is 0 Å². The van der Waals surface area contributed by atoms with Crippen molar-refractivity contribution in [2.24, 2.45) is 0 Å². The van der Waals surface area contributed by atoms with Gasteiger partial charge in [-0.1, -0.05) is 0 Å². The van der Waals surface area contributed by atoms with Crippen molar-refractivity contribution in [2.45, 2.75) is 37.8 Å². The predicted molar refractivity (Wildman–Crippen MR) is 90.5 cm³/mol. The van der Waals surface area contributed by atoms with E-state index >= 15 is 0 Å². The number of amides is 3. The molecule has 0 N–H and O–H groups in total. The van der Waals surface area contributed by atoms with Crippen LogP contribution in [-0.2, 0) is 23.9 Å². The lowest BCUT2D eigenvalue weighted by atomic mass is 10.2. The van der Waals surface area contributed by atoms with Crippen molar-refractivity contribution in [1.82, 2.24) is 14.7 Å². The number of carbonyl (C=O) groups is 4. The number of nitrogens with zero attached hydrogens (tertiary/aromatic N) is 3. The fourth-order valence-corrected chi connectivity index (χ4v) is 4.79. The minimum Gasteiger partial charge on any atom is -0.467 e. The summed E-state index contributed by atoms with van der Waals surface area (Å²) in [6.07, 6.45) is 2.60. The van der Waals surface area contributed by atoms with Crippen LogP contribution in [0.5, 0.6) is 0 Å². The van der Waals surface area contributed by atoms with E-state index in [-0.39, 0.29) is 24.3 Å². The SMILES string of the molecule is COC(=O)[C@@H]1CCCN1C(=O)[C@@H]1CSCN1C(=O)CN1CCCC1=O. The molecule has 3 amide bonds. The summed E-state index contributed by atoms with van der Waals surface area (Å²) < 4.78 is 4.79. The van der Waals surface area contributed by atoms with Gasteiger partial charge in [0.2, 0.25) is 17.7 Å². The van der Waals surface area contributed by atoms with Gasteiger partial charge in [0.15, 0.2) is 0 Å². The van der Waals surface area contributed by atoms with Crippen molar-refractivity contribution in [3.63, 3.8) is 0 Å². The van der Waals surface area contributed by atoms with E-state index in [1.807, 2.05) is 0 Å². The number of esters is 1. The maximum Gasteiger partial charge on any atom is 0.328 e. The largest absolute Gasteiger partial charge is 0.467 e. The van der Waals surface area contributed by atoms with Crippen LogP contribution in [0.3, 0.4) is 0 Å². The molecule has 0 aromatic carbocycles. The normalized spacial score (nSPS) is 26.4. The first-order valence-corrected chi connectivity index (χ1v) is 9.71. The molecular formula is C16H23N3O5S. The van der Waals surface area contributed by atoms with E-state index in [9.17, 15) is 19.2 Å². The molecule has 9 heteroatoms. The van der Waals surface area contributed by atoms with Crippen LogP contribution >= 0.6 is 11.8 Å². The molecule has 0 aromatic rings. The Balaban J connectivity index is 1.66. The number of thioether (sulfide) groups is 1. The molecule has 0 radical (unpaired) electrons. The van der Waals surface area contributed by atoms with Gasteiger partial charge in [-0.25, -0.2) is 4.79 Å². The average Bonchev–Trinajstić information content (AvgIpc) is 3.34. The Hall–Kier alpha value is -1.77. The van der Waals surface area contributed by atoms with E-state index in [2.05, 4.69) is 0 Å². The molecule has 0 saturated carbocycles. The molecule has 138 valence electrons. The Morgan fingerprint density at radius 2 is 1.96 bits per heavy atom. The zero-order valence-electron chi connectivity index (χ0n) is 14.3. The quantitative estimate of drug-likeness (QED) is 0.631. The third-order valence-corrected chi connectivity index (χ3v) is 6.01. The molecule has 3 fully saturated rings. The van der Waals surface area contributed by atoms with Crippen LogP contribution in [0, 0.1) is 0 Å². The highest BCUT2D eigenvalue weighted by Gasteiger charge is 2.43. The smallest absolute Gasteiger partial charge is 0.328 e. The van der Waals surface area contributed by atoms with E-state index in [4.69, 9.17) is 4.74 Å². The lowest BCUT2D eigenvalue weighted by Gasteiger charge is -2.30. The zero-order chi connectivity index (χ0) is 18.0. The second-order valence-electron chi connectivity index (χ2n) is 6.51. The van der Waals surface area contributed by atoms with Crippen molar-refractivity contribution in [2.75, 3.05) is 38.4 Å². The maximum atomic E-state index is 12.9. The van der Waals surface area contributed by atoms with Crippen LogP contribution in [0.15, 0.2) is 0 Å². The van der Waals surface area contributed by atoms with E-state index in [1.54, 1.807) is 14.7 Å². The van der Waals surface area contributed by atoms with Crippen LogP contribution < -0.4 is 0 Å². The van der Waals surface area contributed by atoms with Gasteiger partial charge < -0.3 is 19.4 Å². The third-order valence-electron chi connectivity index (χ3n) is 4.99. The molecule has 3 rings (SSSR count). The summed E-state index contributed by atoms with van der Waals surface area (Å²) in [6.45, 7) is 1.14. The number of likely N-dealkylation sites (tertiary alicyclic amines) is 2. The van der Waals surface area contributed by atoms with Gasteiger partial charge in [-0.15, -0.1) is 11.8 Å². The number of ether oxygens (including phenoxy) is 1. The fraction of sp³-hybridized carbons (Fsp3) is 0.750. The van der Waals surface area contributed by atoms with Gasteiger partial charge in [0, 0.05) is 25.3 Å². The molecule has 2 atom stereocenters. The van der Waals surface area contributed by atoms with Crippen LogP contribution in [0.1, 0.15) is 25.7 Å². The maximum absolute atomic E-state index is 12.9.